The molecule has 124 valence electrons. The maximum Gasteiger partial charge on any atom is 0.328 e. The molecule has 23 heavy (non-hydrogen) atoms. The molecule has 0 aliphatic heterocycles. The molecule has 2 aromatic rings. The van der Waals surface area contributed by atoms with Crippen LogP contribution in [0.4, 0.5) is 4.79 Å². The van der Waals surface area contributed by atoms with Gasteiger partial charge in [-0.3, -0.25) is 14.3 Å². The van der Waals surface area contributed by atoms with Crippen molar-refractivity contribution < 1.29 is 4.79 Å². The number of aromatic nitrogens is 2. The topological polar surface area (TPSA) is 87.2 Å². The highest BCUT2D eigenvalue weighted by Gasteiger charge is 2.12. The van der Waals surface area contributed by atoms with Gasteiger partial charge < -0.3 is 10.2 Å². The minimum atomic E-state index is -0.479. The van der Waals surface area contributed by atoms with E-state index in [2.05, 4.69) is 10.3 Å². The molecule has 7 nitrogen and oxygen atoms in total. The predicted molar refractivity (Wildman–Crippen MR) is 89.7 cm³/mol. The zero-order valence-corrected chi connectivity index (χ0v) is 14.1. The van der Waals surface area contributed by atoms with E-state index < -0.39 is 11.2 Å². The van der Waals surface area contributed by atoms with Gasteiger partial charge in [0.05, 0.1) is 12.1 Å². The highest BCUT2D eigenvalue weighted by atomic mass is 32.1. The van der Waals surface area contributed by atoms with Gasteiger partial charge in [0, 0.05) is 25.8 Å². The van der Waals surface area contributed by atoms with Crippen LogP contribution in [0.3, 0.4) is 0 Å². The van der Waals surface area contributed by atoms with Crippen molar-refractivity contribution in [1.82, 2.24) is 19.8 Å². The monoisotopic (exact) mass is 336 g/mol. The fraction of sp³-hybridized carbons (Fsp3) is 0.400. The minimum Gasteiger partial charge on any atom is -0.334 e. The average molecular weight is 336 g/mol. The van der Waals surface area contributed by atoms with Crippen LogP contribution in [0, 0.1) is 0 Å². The van der Waals surface area contributed by atoms with Crippen molar-refractivity contribution >= 4 is 17.4 Å². The third kappa shape index (κ3) is 4.32. The number of amides is 2. The van der Waals surface area contributed by atoms with E-state index in [-0.39, 0.29) is 18.6 Å². The Kier molecular flexibility index (Phi) is 5.38. The van der Waals surface area contributed by atoms with Gasteiger partial charge in [0.1, 0.15) is 0 Å². The van der Waals surface area contributed by atoms with Gasteiger partial charge in [-0.15, -0.1) is 0 Å². The van der Waals surface area contributed by atoms with Crippen LogP contribution in [0.15, 0.2) is 32.6 Å². The second-order valence-electron chi connectivity index (χ2n) is 5.56. The molecule has 8 heteroatoms. The Hall–Kier alpha value is -2.35. The lowest BCUT2D eigenvalue weighted by Gasteiger charge is -2.17. The number of thiophene rings is 1. The molecule has 0 radical (unpaired) electrons. The number of rotatable bonds is 5. The molecule has 0 atom stereocenters. The van der Waals surface area contributed by atoms with Crippen molar-refractivity contribution in [3.63, 3.8) is 0 Å². The summed E-state index contributed by atoms with van der Waals surface area (Å²) in [6.07, 6.45) is 1.49. The molecule has 0 fully saturated rings. The molecule has 0 saturated carbocycles. The maximum atomic E-state index is 12.1. The Labute approximate surface area is 137 Å². The van der Waals surface area contributed by atoms with Gasteiger partial charge in [-0.2, -0.15) is 11.3 Å². The van der Waals surface area contributed by atoms with Crippen molar-refractivity contribution in [2.75, 3.05) is 7.05 Å². The van der Waals surface area contributed by atoms with E-state index in [9.17, 15) is 14.4 Å². The predicted octanol–water partition coefficient (Wildman–Crippen LogP) is 1.52. The number of aromatic amines is 1. The molecule has 2 amide bonds. The second kappa shape index (κ2) is 7.28. The first kappa shape index (κ1) is 17.0. The standard InChI is InChI=1S/C15H20N4O3S/c1-10(2)19-8-12(13(20)17-15(19)22)6-16-14(21)18(3)7-11-4-5-23-9-11/h4-5,8-10H,6-7H2,1-3H3,(H,16,21)(H,17,20,22). The van der Waals surface area contributed by atoms with E-state index in [4.69, 9.17) is 0 Å². The molecule has 2 rings (SSSR count). The number of H-pyrrole nitrogens is 1. The first-order valence-corrected chi connectivity index (χ1v) is 8.17. The number of hydrogen-bond donors (Lipinski definition) is 2. The molecule has 2 heterocycles. The first-order chi connectivity index (χ1) is 10.9. The number of hydrogen-bond acceptors (Lipinski definition) is 4. The molecule has 0 aliphatic carbocycles. The molecule has 2 N–H and O–H groups in total. The molecular weight excluding hydrogens is 316 g/mol. The fourth-order valence-corrected chi connectivity index (χ4v) is 2.73. The van der Waals surface area contributed by atoms with E-state index >= 15 is 0 Å². The van der Waals surface area contributed by atoms with Crippen LogP contribution in [0.2, 0.25) is 0 Å². The van der Waals surface area contributed by atoms with Crippen molar-refractivity contribution in [3.05, 3.63) is 55.0 Å². The number of nitrogens with zero attached hydrogens (tertiary/aromatic N) is 2. The van der Waals surface area contributed by atoms with E-state index in [1.54, 1.807) is 18.4 Å². The molecule has 0 aliphatic rings. The summed E-state index contributed by atoms with van der Waals surface area (Å²) in [5, 5.41) is 6.63. The first-order valence-electron chi connectivity index (χ1n) is 7.23. The quantitative estimate of drug-likeness (QED) is 0.868. The third-order valence-electron chi connectivity index (χ3n) is 3.37. The van der Waals surface area contributed by atoms with Crippen molar-refractivity contribution in [2.45, 2.75) is 33.0 Å². The van der Waals surface area contributed by atoms with Crippen molar-refractivity contribution in [2.24, 2.45) is 0 Å². The van der Waals surface area contributed by atoms with Crippen LogP contribution in [0.1, 0.15) is 31.0 Å². The Bertz CT molecular complexity index is 777. The Morgan fingerprint density at radius 2 is 2.17 bits per heavy atom. The third-order valence-corrected chi connectivity index (χ3v) is 4.11. The maximum absolute atomic E-state index is 12.1. The van der Waals surface area contributed by atoms with Gasteiger partial charge in [0.15, 0.2) is 0 Å². The highest BCUT2D eigenvalue weighted by molar-refractivity contribution is 7.07. The number of carbonyl (C=O) groups is 1. The molecule has 0 unspecified atom stereocenters. The Morgan fingerprint density at radius 3 is 2.78 bits per heavy atom. The lowest BCUT2D eigenvalue weighted by molar-refractivity contribution is 0.206. The Balaban J connectivity index is 2.02. The Morgan fingerprint density at radius 1 is 1.43 bits per heavy atom. The lowest BCUT2D eigenvalue weighted by atomic mass is 10.3. The van der Waals surface area contributed by atoms with Gasteiger partial charge in [-0.25, -0.2) is 9.59 Å². The van der Waals surface area contributed by atoms with Crippen molar-refractivity contribution in [3.8, 4) is 0 Å². The smallest absolute Gasteiger partial charge is 0.328 e. The van der Waals surface area contributed by atoms with E-state index in [1.807, 2.05) is 30.7 Å². The van der Waals surface area contributed by atoms with Crippen LogP contribution in [-0.4, -0.2) is 27.5 Å². The van der Waals surface area contributed by atoms with Gasteiger partial charge >= 0.3 is 11.7 Å². The van der Waals surface area contributed by atoms with Gasteiger partial charge in [0.25, 0.3) is 5.56 Å². The zero-order valence-electron chi connectivity index (χ0n) is 13.3. The average Bonchev–Trinajstić information content (AvgIpc) is 2.98. The highest BCUT2D eigenvalue weighted by Crippen LogP contribution is 2.08. The molecule has 0 bridgehead atoms. The van der Waals surface area contributed by atoms with Crippen LogP contribution >= 0.6 is 11.3 Å². The van der Waals surface area contributed by atoms with E-state index in [1.165, 1.54) is 15.7 Å². The molecular formula is C15H20N4O3S. The summed E-state index contributed by atoms with van der Waals surface area (Å²) in [5.41, 5.74) is 0.469. The normalized spacial score (nSPS) is 10.8. The van der Waals surface area contributed by atoms with Gasteiger partial charge in [-0.05, 0) is 36.2 Å². The lowest BCUT2D eigenvalue weighted by Crippen LogP contribution is -2.39. The molecule has 2 aromatic heterocycles. The van der Waals surface area contributed by atoms with Crippen LogP contribution in [0.5, 0.6) is 0 Å². The summed E-state index contributed by atoms with van der Waals surface area (Å²) >= 11 is 1.57. The number of urea groups is 1. The summed E-state index contributed by atoms with van der Waals surface area (Å²) < 4.78 is 1.43. The van der Waals surface area contributed by atoms with Gasteiger partial charge in [0.2, 0.25) is 0 Å². The summed E-state index contributed by atoms with van der Waals surface area (Å²) in [6.45, 7) is 4.25. The molecule has 0 aromatic carbocycles. The SMILES string of the molecule is CC(C)n1cc(CNC(=O)N(C)Cc2ccsc2)c(=O)[nH]c1=O. The largest absolute Gasteiger partial charge is 0.334 e. The minimum absolute atomic E-state index is 0.0646. The van der Waals surface area contributed by atoms with E-state index in [0.29, 0.717) is 12.1 Å². The van der Waals surface area contributed by atoms with Gasteiger partial charge in [-0.1, -0.05) is 0 Å². The van der Waals surface area contributed by atoms with Crippen LogP contribution < -0.4 is 16.6 Å². The van der Waals surface area contributed by atoms with E-state index in [0.717, 1.165) is 5.56 Å². The fourth-order valence-electron chi connectivity index (χ4n) is 2.07. The number of carbonyl (C=O) groups excluding carboxylic acids is 1. The van der Waals surface area contributed by atoms with Crippen molar-refractivity contribution in [1.29, 1.82) is 0 Å². The van der Waals surface area contributed by atoms with Crippen LogP contribution in [-0.2, 0) is 13.1 Å². The summed E-state index contributed by atoms with van der Waals surface area (Å²) in [7, 11) is 1.69. The summed E-state index contributed by atoms with van der Waals surface area (Å²) in [5.74, 6) is 0. The second-order valence-corrected chi connectivity index (χ2v) is 6.34. The molecule has 0 spiro atoms. The summed E-state index contributed by atoms with van der Waals surface area (Å²) in [6, 6.07) is 1.60. The van der Waals surface area contributed by atoms with Crippen LogP contribution in [0.25, 0.3) is 0 Å². The summed E-state index contributed by atoms with van der Waals surface area (Å²) in [4.78, 5) is 39.4. The zero-order chi connectivity index (χ0) is 17.0. The number of nitrogens with one attached hydrogen (secondary N) is 2. The molecule has 0 saturated heterocycles.